The van der Waals surface area contributed by atoms with Gasteiger partial charge in [0.15, 0.2) is 5.60 Å². The summed E-state index contributed by atoms with van der Waals surface area (Å²) in [5.41, 5.74) is -0.0833. The summed E-state index contributed by atoms with van der Waals surface area (Å²) in [4.78, 5) is 11.9. The number of hydrogen-bond donors (Lipinski definition) is 3. The molecule has 2 aliphatic rings. The fourth-order valence-electron chi connectivity index (χ4n) is 3.92. The van der Waals surface area contributed by atoms with Gasteiger partial charge in [0.1, 0.15) is 11.0 Å². The van der Waals surface area contributed by atoms with Gasteiger partial charge in [0.25, 0.3) is 5.91 Å². The molecule has 0 radical (unpaired) electrons. The number of rotatable bonds is 7. The average Bonchev–Trinajstić information content (AvgIpc) is 2.77. The number of benzene rings is 1. The Labute approximate surface area is 175 Å². The Morgan fingerprint density at radius 2 is 2.00 bits per heavy atom. The van der Waals surface area contributed by atoms with Crippen molar-refractivity contribution in [2.24, 2.45) is 0 Å². The van der Waals surface area contributed by atoms with Crippen molar-refractivity contribution in [3.05, 3.63) is 29.8 Å². The van der Waals surface area contributed by atoms with Crippen LogP contribution in [0.3, 0.4) is 0 Å². The molecule has 2 unspecified atom stereocenters. The second-order valence-corrected chi connectivity index (χ2v) is 9.58. The first-order chi connectivity index (χ1) is 14.3. The van der Waals surface area contributed by atoms with Crippen LogP contribution >= 0.6 is 0 Å². The number of amides is 1. The highest BCUT2D eigenvalue weighted by molar-refractivity contribution is 7.89. The molecule has 0 aliphatic carbocycles. The lowest BCUT2D eigenvalue weighted by atomic mass is 9.95. The van der Waals surface area contributed by atoms with E-state index in [9.17, 15) is 18.3 Å². The van der Waals surface area contributed by atoms with Crippen molar-refractivity contribution in [3.8, 4) is 5.75 Å². The Hall–Kier alpha value is -1.76. The Morgan fingerprint density at radius 1 is 1.30 bits per heavy atom. The number of sulfonamides is 1. The number of hydroxylamine groups is 1. The third-order valence-electron chi connectivity index (χ3n) is 5.66. The lowest BCUT2D eigenvalue weighted by molar-refractivity contribution is -0.161. The van der Waals surface area contributed by atoms with E-state index in [0.717, 1.165) is 11.3 Å². The zero-order valence-electron chi connectivity index (χ0n) is 16.8. The summed E-state index contributed by atoms with van der Waals surface area (Å²) in [6.45, 7) is 0.392. The number of carbonyl (C=O) groups is 1. The van der Waals surface area contributed by atoms with Gasteiger partial charge in [0.05, 0.1) is 26.4 Å². The van der Waals surface area contributed by atoms with Crippen LogP contribution in [-0.4, -0.2) is 79.3 Å². The summed E-state index contributed by atoms with van der Waals surface area (Å²) >= 11 is 0. The van der Waals surface area contributed by atoms with E-state index in [0.29, 0.717) is 19.4 Å². The maximum Gasteiger partial charge on any atom is 0.279 e. The molecule has 0 saturated carbocycles. The second-order valence-electron chi connectivity index (χ2n) is 7.46. The molecule has 0 aromatic heterocycles. The smallest absolute Gasteiger partial charge is 0.279 e. The molecule has 2 fully saturated rings. The van der Waals surface area contributed by atoms with Crippen molar-refractivity contribution < 1.29 is 37.7 Å². The molecule has 3 rings (SSSR count). The quantitative estimate of drug-likeness (QED) is 0.396. The number of methoxy groups -OCH3 is 1. The van der Waals surface area contributed by atoms with Gasteiger partial charge >= 0.3 is 0 Å². The van der Waals surface area contributed by atoms with E-state index in [1.54, 1.807) is 7.11 Å². The van der Waals surface area contributed by atoms with Crippen molar-refractivity contribution in [2.75, 3.05) is 33.4 Å². The van der Waals surface area contributed by atoms with Crippen LogP contribution in [0.5, 0.6) is 5.75 Å². The first-order valence-corrected chi connectivity index (χ1v) is 11.3. The normalized spacial score (nSPS) is 26.3. The Kier molecular flexibility index (Phi) is 7.32. The molecule has 2 saturated heterocycles. The minimum atomic E-state index is -3.99. The highest BCUT2D eigenvalue weighted by Crippen LogP contribution is 2.31. The molecule has 168 valence electrons. The van der Waals surface area contributed by atoms with Crippen molar-refractivity contribution >= 4 is 15.9 Å². The summed E-state index contributed by atoms with van der Waals surface area (Å²) in [5, 5.41) is 18.2. The third kappa shape index (κ3) is 4.61. The topological polar surface area (TPSA) is 135 Å². The van der Waals surface area contributed by atoms with Gasteiger partial charge < -0.3 is 19.3 Å². The monoisotopic (exact) mass is 444 g/mol. The predicted molar refractivity (Wildman–Crippen MR) is 105 cm³/mol. The lowest BCUT2D eigenvalue weighted by Gasteiger charge is -2.41. The lowest BCUT2D eigenvalue weighted by Crippen LogP contribution is -2.64. The van der Waals surface area contributed by atoms with E-state index >= 15 is 0 Å². The van der Waals surface area contributed by atoms with E-state index in [-0.39, 0.29) is 32.2 Å². The number of piperidine rings is 1. The van der Waals surface area contributed by atoms with Gasteiger partial charge in [-0.1, -0.05) is 18.2 Å². The molecule has 1 amide bonds. The highest BCUT2D eigenvalue weighted by atomic mass is 32.2. The first kappa shape index (κ1) is 22.9. The van der Waals surface area contributed by atoms with Gasteiger partial charge in [-0.15, -0.1) is 0 Å². The molecule has 2 atom stereocenters. The van der Waals surface area contributed by atoms with Gasteiger partial charge in [-0.05, 0) is 25.3 Å². The summed E-state index contributed by atoms with van der Waals surface area (Å²) in [5.74, 6) is -0.454. The molecule has 30 heavy (non-hydrogen) atoms. The van der Waals surface area contributed by atoms with Gasteiger partial charge in [0, 0.05) is 25.3 Å². The van der Waals surface area contributed by atoms with Crippen LogP contribution in [0.2, 0.25) is 0 Å². The summed E-state index contributed by atoms with van der Waals surface area (Å²) in [7, 11) is -2.40. The van der Waals surface area contributed by atoms with E-state index in [1.807, 2.05) is 24.3 Å². The molecule has 3 N–H and O–H groups in total. The molecule has 0 bridgehead atoms. The van der Waals surface area contributed by atoms with Crippen LogP contribution in [0.1, 0.15) is 24.8 Å². The van der Waals surface area contributed by atoms with Gasteiger partial charge in [0.2, 0.25) is 10.0 Å². The van der Waals surface area contributed by atoms with Crippen molar-refractivity contribution in [3.63, 3.8) is 0 Å². The standard InChI is InChI=1S/C19H28N2O8S/c1-27-16-5-3-2-4-14(16)12-29-15-6-9-21(10-7-15)30(25,26)17-8-11-28-13-19(17,23)18(22)20-24/h2-5,15,17,23-24H,6-13H2,1H3,(H,20,22). The van der Waals surface area contributed by atoms with Gasteiger partial charge in [-0.3, -0.25) is 10.0 Å². The maximum absolute atomic E-state index is 13.1. The molecular formula is C19H28N2O8S. The van der Waals surface area contributed by atoms with Crippen LogP contribution in [0.4, 0.5) is 0 Å². The molecule has 0 spiro atoms. The zero-order valence-corrected chi connectivity index (χ0v) is 17.6. The van der Waals surface area contributed by atoms with E-state index < -0.39 is 33.4 Å². The van der Waals surface area contributed by atoms with E-state index in [4.69, 9.17) is 19.4 Å². The van der Waals surface area contributed by atoms with Crippen molar-refractivity contribution in [1.29, 1.82) is 0 Å². The van der Waals surface area contributed by atoms with E-state index in [1.165, 1.54) is 9.79 Å². The number of ether oxygens (including phenoxy) is 3. The fraction of sp³-hybridized carbons (Fsp3) is 0.632. The molecule has 11 heteroatoms. The number of carbonyl (C=O) groups excluding carboxylic acids is 1. The molecule has 10 nitrogen and oxygen atoms in total. The summed E-state index contributed by atoms with van der Waals surface area (Å²) < 4.78 is 43.9. The molecular weight excluding hydrogens is 416 g/mol. The first-order valence-electron chi connectivity index (χ1n) is 9.80. The fourth-order valence-corrected chi connectivity index (χ4v) is 6.06. The highest BCUT2D eigenvalue weighted by Gasteiger charge is 2.54. The average molecular weight is 445 g/mol. The molecule has 2 heterocycles. The van der Waals surface area contributed by atoms with Crippen LogP contribution < -0.4 is 10.2 Å². The Balaban J connectivity index is 1.61. The summed E-state index contributed by atoms with van der Waals surface area (Å²) in [6.07, 6.45) is 0.816. The number of para-hydroxylation sites is 1. The number of hydrogen-bond acceptors (Lipinski definition) is 8. The van der Waals surface area contributed by atoms with Gasteiger partial charge in [-0.25, -0.2) is 18.2 Å². The Bertz CT molecular complexity index is 841. The van der Waals surface area contributed by atoms with Crippen LogP contribution in [0, 0.1) is 0 Å². The number of nitrogens with one attached hydrogen (secondary N) is 1. The largest absolute Gasteiger partial charge is 0.496 e. The molecule has 1 aromatic rings. The number of aliphatic hydroxyl groups is 1. The minimum absolute atomic E-state index is 0.0452. The summed E-state index contributed by atoms with van der Waals surface area (Å²) in [6, 6.07) is 7.54. The maximum atomic E-state index is 13.1. The second kappa shape index (κ2) is 9.58. The minimum Gasteiger partial charge on any atom is -0.496 e. The third-order valence-corrected chi connectivity index (χ3v) is 8.09. The van der Waals surface area contributed by atoms with Crippen LogP contribution in [0.25, 0.3) is 0 Å². The van der Waals surface area contributed by atoms with Crippen LogP contribution in [-0.2, 0) is 30.9 Å². The zero-order chi connectivity index (χ0) is 21.8. The van der Waals surface area contributed by atoms with Gasteiger partial charge in [-0.2, -0.15) is 0 Å². The van der Waals surface area contributed by atoms with E-state index in [2.05, 4.69) is 0 Å². The van der Waals surface area contributed by atoms with Crippen LogP contribution in [0.15, 0.2) is 24.3 Å². The predicted octanol–water partition coefficient (Wildman–Crippen LogP) is 0.0314. The molecule has 1 aromatic carbocycles. The molecule has 2 aliphatic heterocycles. The SMILES string of the molecule is COc1ccccc1COC1CCN(S(=O)(=O)C2CCOCC2(O)C(=O)NO)CC1. The van der Waals surface area contributed by atoms with Crippen molar-refractivity contribution in [1.82, 2.24) is 9.79 Å². The van der Waals surface area contributed by atoms with Crippen molar-refractivity contribution in [2.45, 2.75) is 42.8 Å². The number of nitrogens with zero attached hydrogens (tertiary/aromatic N) is 1. The Morgan fingerprint density at radius 3 is 2.67 bits per heavy atom.